The fourth-order valence-corrected chi connectivity index (χ4v) is 7.65. The zero-order valence-electron chi connectivity index (χ0n) is 15.1. The van der Waals surface area contributed by atoms with Gasteiger partial charge in [0.1, 0.15) is 0 Å². The van der Waals surface area contributed by atoms with Gasteiger partial charge in [-0.25, -0.2) is 0 Å². The number of hydrogen-bond donors (Lipinski definition) is 1. The Balaban J connectivity index is 1.69. The number of rotatable bonds is 2. The summed E-state index contributed by atoms with van der Waals surface area (Å²) < 4.78 is 7.15. The van der Waals surface area contributed by atoms with Gasteiger partial charge in [0, 0.05) is 0 Å². The molecular formula is C21H26O3Se. The monoisotopic (exact) mass is 406 g/mol. The first-order valence-electron chi connectivity index (χ1n) is 9.22. The van der Waals surface area contributed by atoms with Crippen LogP contribution in [0.15, 0.2) is 41.5 Å². The Hall–Kier alpha value is -1.09. The first-order valence-corrected chi connectivity index (χ1v) is 11.1. The zero-order valence-corrected chi connectivity index (χ0v) is 16.8. The van der Waals surface area contributed by atoms with E-state index in [2.05, 4.69) is 31.2 Å². The number of allylic oxidation sites excluding steroid dienone is 1. The average molecular weight is 405 g/mol. The van der Waals surface area contributed by atoms with E-state index >= 15 is 0 Å². The van der Waals surface area contributed by atoms with Gasteiger partial charge in [0.05, 0.1) is 0 Å². The third kappa shape index (κ3) is 2.79. The molecular weight excluding hydrogens is 379 g/mol. The molecule has 4 heteroatoms. The van der Waals surface area contributed by atoms with Crippen LogP contribution in [0.5, 0.6) is 0 Å². The third-order valence-corrected chi connectivity index (χ3v) is 9.59. The topological polar surface area (TPSA) is 46.5 Å². The van der Waals surface area contributed by atoms with Crippen molar-refractivity contribution in [3.8, 4) is 0 Å². The van der Waals surface area contributed by atoms with E-state index in [-0.39, 0.29) is 49.6 Å². The van der Waals surface area contributed by atoms with Crippen molar-refractivity contribution in [1.29, 1.82) is 0 Å². The maximum atomic E-state index is 12.2. The molecule has 1 heterocycles. The van der Waals surface area contributed by atoms with E-state index in [1.165, 1.54) is 15.6 Å². The molecule has 0 aromatic heterocycles. The SMILES string of the molecule is CC1=C2C[C@H]([Se]c3ccccc3)[C@@](C)(O)[C@@H]2[C@H]2OC(=O)[C@@H](C)[C@@H]2CC1. The molecule has 1 saturated carbocycles. The Kier molecular flexibility index (Phi) is 4.34. The van der Waals surface area contributed by atoms with Crippen LogP contribution in [0.1, 0.15) is 40.0 Å². The van der Waals surface area contributed by atoms with Gasteiger partial charge < -0.3 is 0 Å². The van der Waals surface area contributed by atoms with Crippen LogP contribution in [0.25, 0.3) is 0 Å². The summed E-state index contributed by atoms with van der Waals surface area (Å²) in [6, 6.07) is 10.5. The number of carbonyl (C=O) groups excluding carboxylic acids is 1. The van der Waals surface area contributed by atoms with E-state index in [0.29, 0.717) is 0 Å². The molecule has 1 N–H and O–H groups in total. The van der Waals surface area contributed by atoms with Crippen LogP contribution in [-0.4, -0.2) is 37.7 Å². The molecule has 0 bridgehead atoms. The van der Waals surface area contributed by atoms with E-state index < -0.39 is 5.60 Å². The third-order valence-electron chi connectivity index (χ3n) is 6.50. The van der Waals surface area contributed by atoms with Crippen LogP contribution in [0, 0.1) is 17.8 Å². The van der Waals surface area contributed by atoms with E-state index in [9.17, 15) is 9.90 Å². The van der Waals surface area contributed by atoms with Gasteiger partial charge in [-0.3, -0.25) is 0 Å². The van der Waals surface area contributed by atoms with Crippen LogP contribution in [0.4, 0.5) is 0 Å². The van der Waals surface area contributed by atoms with Gasteiger partial charge in [-0.05, 0) is 0 Å². The molecule has 3 nitrogen and oxygen atoms in total. The van der Waals surface area contributed by atoms with Gasteiger partial charge in [-0.1, -0.05) is 0 Å². The summed E-state index contributed by atoms with van der Waals surface area (Å²) in [4.78, 5) is 12.4. The summed E-state index contributed by atoms with van der Waals surface area (Å²) >= 11 is 0.202. The fraction of sp³-hybridized carbons (Fsp3) is 0.571. The molecule has 0 spiro atoms. The van der Waals surface area contributed by atoms with Crippen molar-refractivity contribution in [2.45, 2.75) is 56.6 Å². The van der Waals surface area contributed by atoms with E-state index in [1.807, 2.05) is 19.9 Å². The number of benzene rings is 1. The standard InChI is InChI=1S/C21H26O3Se/c1-12-9-10-15-13(2)20(22)24-19(15)18-16(12)11-17(21(18,3)23)25-14-7-5-4-6-8-14/h4-8,13,15,17-19,23H,9-11H2,1-3H3/t13-,15-,17-,18-,19-,21+/m0/s1. The van der Waals surface area contributed by atoms with Crippen LogP contribution in [0.2, 0.25) is 4.82 Å². The number of aliphatic hydroxyl groups is 1. The van der Waals surface area contributed by atoms with Crippen molar-refractivity contribution < 1.29 is 14.6 Å². The van der Waals surface area contributed by atoms with Gasteiger partial charge in [0.25, 0.3) is 0 Å². The average Bonchev–Trinajstić information content (AvgIpc) is 2.94. The van der Waals surface area contributed by atoms with Crippen LogP contribution < -0.4 is 4.46 Å². The minimum atomic E-state index is -0.815. The maximum absolute atomic E-state index is 12.2. The Labute approximate surface area is 156 Å². The molecule has 1 saturated heterocycles. The summed E-state index contributed by atoms with van der Waals surface area (Å²) in [6.07, 6.45) is 2.80. The summed E-state index contributed by atoms with van der Waals surface area (Å²) in [7, 11) is 0. The molecule has 1 aromatic carbocycles. The summed E-state index contributed by atoms with van der Waals surface area (Å²) in [5, 5.41) is 11.6. The van der Waals surface area contributed by atoms with Crippen molar-refractivity contribution in [1.82, 2.24) is 0 Å². The molecule has 2 aliphatic carbocycles. The van der Waals surface area contributed by atoms with Crippen molar-refractivity contribution in [2.75, 3.05) is 0 Å². The molecule has 25 heavy (non-hydrogen) atoms. The number of carbonyl (C=O) groups is 1. The summed E-state index contributed by atoms with van der Waals surface area (Å²) in [5.41, 5.74) is 1.96. The zero-order chi connectivity index (χ0) is 17.8. The molecule has 2 fully saturated rings. The summed E-state index contributed by atoms with van der Waals surface area (Å²) in [5.74, 6) is 0.0669. The van der Waals surface area contributed by atoms with Crippen molar-refractivity contribution >= 4 is 25.4 Å². The van der Waals surface area contributed by atoms with Crippen LogP contribution in [-0.2, 0) is 9.53 Å². The van der Waals surface area contributed by atoms with E-state index in [1.54, 1.807) is 0 Å². The van der Waals surface area contributed by atoms with Crippen molar-refractivity contribution in [2.24, 2.45) is 17.8 Å². The molecule has 1 aliphatic heterocycles. The van der Waals surface area contributed by atoms with Crippen LogP contribution >= 0.6 is 0 Å². The predicted molar refractivity (Wildman–Crippen MR) is 98.8 cm³/mol. The second-order valence-electron chi connectivity index (χ2n) is 8.03. The number of fused-ring (bicyclic) bond motifs is 3. The molecule has 1 aromatic rings. The second-order valence-corrected chi connectivity index (χ2v) is 10.7. The minimum absolute atomic E-state index is 0.0375. The Morgan fingerprint density at radius 3 is 2.72 bits per heavy atom. The molecule has 0 amide bonds. The number of hydrogen-bond acceptors (Lipinski definition) is 3. The van der Waals surface area contributed by atoms with Crippen molar-refractivity contribution in [3.63, 3.8) is 0 Å². The normalized spacial score (nSPS) is 40.5. The first kappa shape index (κ1) is 17.3. The quantitative estimate of drug-likeness (QED) is 0.468. The molecule has 3 aliphatic rings. The molecule has 134 valence electrons. The van der Waals surface area contributed by atoms with Gasteiger partial charge in [0.15, 0.2) is 0 Å². The molecule has 0 radical (unpaired) electrons. The molecule has 6 atom stereocenters. The van der Waals surface area contributed by atoms with Gasteiger partial charge in [0.2, 0.25) is 0 Å². The first-order chi connectivity index (χ1) is 11.9. The van der Waals surface area contributed by atoms with Gasteiger partial charge >= 0.3 is 156 Å². The van der Waals surface area contributed by atoms with Crippen molar-refractivity contribution in [3.05, 3.63) is 41.5 Å². The van der Waals surface area contributed by atoms with Crippen LogP contribution in [0.3, 0.4) is 0 Å². The Morgan fingerprint density at radius 2 is 2.00 bits per heavy atom. The Bertz CT molecular complexity index is 709. The predicted octanol–water partition coefficient (Wildman–Crippen LogP) is 2.86. The Morgan fingerprint density at radius 1 is 1.28 bits per heavy atom. The number of esters is 1. The van der Waals surface area contributed by atoms with E-state index in [0.717, 1.165) is 19.3 Å². The van der Waals surface area contributed by atoms with Gasteiger partial charge in [-0.15, -0.1) is 0 Å². The molecule has 0 unspecified atom stereocenters. The summed E-state index contributed by atoms with van der Waals surface area (Å²) in [6.45, 7) is 6.18. The fourth-order valence-electron chi connectivity index (χ4n) is 4.94. The second kappa shape index (κ2) is 6.26. The van der Waals surface area contributed by atoms with E-state index in [4.69, 9.17) is 4.74 Å². The molecule has 4 rings (SSSR count). The van der Waals surface area contributed by atoms with Gasteiger partial charge in [-0.2, -0.15) is 0 Å². The number of ether oxygens (including phenoxy) is 1.